The molecule has 24 heteroatoms. The number of benzene rings is 3. The number of alkyl halides is 2. The summed E-state index contributed by atoms with van der Waals surface area (Å²) in [5.41, 5.74) is 5.17. The summed E-state index contributed by atoms with van der Waals surface area (Å²) in [6.45, 7) is 8.25. The third-order valence-corrected chi connectivity index (χ3v) is 15.1. The van der Waals surface area contributed by atoms with Gasteiger partial charge in [0.1, 0.15) is 23.8 Å². The summed E-state index contributed by atoms with van der Waals surface area (Å²) < 4.78 is 72.9. The number of hydrogen-bond donors (Lipinski definition) is 6. The predicted molar refractivity (Wildman–Crippen MR) is 291 cm³/mol. The van der Waals surface area contributed by atoms with E-state index in [-0.39, 0.29) is 42.4 Å². The van der Waals surface area contributed by atoms with E-state index in [1.807, 2.05) is 65.6 Å². The Morgan fingerprint density at radius 3 is 1.99 bits per heavy atom. The fourth-order valence-electron chi connectivity index (χ4n) is 8.79. The summed E-state index contributed by atoms with van der Waals surface area (Å²) in [5, 5.41) is 8.65. The number of aromatic nitrogens is 1. The Morgan fingerprint density at radius 2 is 1.41 bits per heavy atom. The topological polar surface area (TPSA) is 293 Å². The predicted octanol–water partition coefficient (Wildman–Crippen LogP) is 6.24. The van der Waals surface area contributed by atoms with Crippen molar-refractivity contribution in [2.24, 2.45) is 22.3 Å². The van der Waals surface area contributed by atoms with Gasteiger partial charge in [0.05, 0.1) is 22.9 Å². The molecular weight excluding hydrogens is 1060 g/mol. The first-order valence-corrected chi connectivity index (χ1v) is 27.9. The van der Waals surface area contributed by atoms with Crippen molar-refractivity contribution in [3.05, 3.63) is 120 Å². The molecule has 0 aliphatic carbocycles. The Hall–Kier alpha value is -7.04. The number of H-pyrrole nitrogens is 1. The third-order valence-electron chi connectivity index (χ3n) is 13.2. The monoisotopic (exact) mass is 1130 g/mol. The standard InChI is InChI=1S/C56H73F2N8O13P/c1-54(2,3)52(72)76-34-78-80(74,79-35-77-53(73)55(4,5)6)56(57,58)39-19-21-41-38(31-39)32-43(61-41)49(69)63-44-33-65(27-14-30-75-29-13-26-59)28-25-40-20-23-45(66(40)51(44)71)50(70)62-42(22-24-46(60)67)48(68)64-47(36-15-9-7-10-16-36)37-17-11-8-12-18-37/h7-12,15-19,21,25,28,31-32,40,42,44-45,47,61H,13-14,20,22-24,26-27,29-30,33-35,59H2,1-6H3,(H2,60,67)(H,62,70)(H,63,69)(H,64,68)/b28-25-/t40-,42+,44+,45+/m1/s1. The number of esters is 2. The van der Waals surface area contributed by atoms with Crippen LogP contribution in [0.15, 0.2) is 97.2 Å². The normalized spacial score (nSPS) is 17.7. The van der Waals surface area contributed by atoms with E-state index in [1.165, 1.54) is 58.6 Å². The lowest BCUT2D eigenvalue weighted by Gasteiger charge is -2.36. The Balaban J connectivity index is 1.25. The van der Waals surface area contributed by atoms with Crippen molar-refractivity contribution in [1.29, 1.82) is 0 Å². The van der Waals surface area contributed by atoms with Crippen LogP contribution in [0.4, 0.5) is 8.78 Å². The number of halogens is 2. The van der Waals surface area contributed by atoms with E-state index in [9.17, 15) is 38.1 Å². The molecule has 4 atom stereocenters. The first kappa shape index (κ1) is 62.2. The average Bonchev–Trinajstić information content (AvgIpc) is 4.05. The van der Waals surface area contributed by atoms with Crippen molar-refractivity contribution < 1.29 is 70.2 Å². The van der Waals surface area contributed by atoms with Gasteiger partial charge >= 0.3 is 25.2 Å². The molecule has 8 N–H and O–H groups in total. The molecule has 0 spiro atoms. The first-order valence-electron chi connectivity index (χ1n) is 26.4. The summed E-state index contributed by atoms with van der Waals surface area (Å²) in [6.07, 6.45) is 4.92. The van der Waals surface area contributed by atoms with Crippen LogP contribution in [0.5, 0.6) is 0 Å². The number of rotatable bonds is 26. The van der Waals surface area contributed by atoms with E-state index in [0.717, 1.165) is 23.3 Å². The minimum Gasteiger partial charge on any atom is -0.438 e. The van der Waals surface area contributed by atoms with Crippen LogP contribution in [-0.4, -0.2) is 127 Å². The molecule has 21 nitrogen and oxygen atoms in total. The average molecular weight is 1140 g/mol. The molecular formula is C56H73F2N8O13P. The van der Waals surface area contributed by atoms with Crippen LogP contribution >= 0.6 is 7.60 Å². The summed E-state index contributed by atoms with van der Waals surface area (Å²) in [6, 6.07) is 17.7. The molecule has 434 valence electrons. The molecule has 2 aliphatic heterocycles. The van der Waals surface area contributed by atoms with Gasteiger partial charge in [0.15, 0.2) is 0 Å². The van der Waals surface area contributed by atoms with Gasteiger partial charge in [0.25, 0.3) is 5.91 Å². The van der Waals surface area contributed by atoms with Crippen LogP contribution in [0.2, 0.25) is 0 Å². The van der Waals surface area contributed by atoms with Crippen molar-refractivity contribution in [1.82, 2.24) is 30.7 Å². The lowest BCUT2D eigenvalue weighted by Crippen LogP contribution is -2.60. The smallest absolute Gasteiger partial charge is 0.410 e. The maximum atomic E-state index is 16.6. The maximum Gasteiger partial charge on any atom is 0.410 e. The number of amides is 5. The molecule has 5 amide bonds. The van der Waals surface area contributed by atoms with Crippen molar-refractivity contribution in [2.75, 3.05) is 46.4 Å². The highest BCUT2D eigenvalue weighted by Crippen LogP contribution is 2.67. The Morgan fingerprint density at radius 1 is 0.812 bits per heavy atom. The summed E-state index contributed by atoms with van der Waals surface area (Å²) in [4.78, 5) is 101. The molecule has 0 bridgehead atoms. The fraction of sp³-hybridized carbons (Fsp3) is 0.482. The van der Waals surface area contributed by atoms with Crippen LogP contribution in [0.3, 0.4) is 0 Å². The lowest BCUT2D eigenvalue weighted by atomic mass is 9.98. The summed E-state index contributed by atoms with van der Waals surface area (Å²) >= 11 is 0. The second-order valence-corrected chi connectivity index (χ2v) is 23.7. The van der Waals surface area contributed by atoms with Crippen molar-refractivity contribution in [2.45, 2.75) is 116 Å². The molecule has 1 saturated heterocycles. The molecule has 0 unspecified atom stereocenters. The van der Waals surface area contributed by atoms with Gasteiger partial charge in [0.2, 0.25) is 37.2 Å². The van der Waals surface area contributed by atoms with E-state index in [4.69, 9.17) is 34.7 Å². The number of hydrogen-bond acceptors (Lipinski definition) is 15. The van der Waals surface area contributed by atoms with Crippen LogP contribution < -0.4 is 27.4 Å². The van der Waals surface area contributed by atoms with E-state index < -0.39 is 115 Å². The van der Waals surface area contributed by atoms with Crippen molar-refractivity contribution in [3.63, 3.8) is 0 Å². The van der Waals surface area contributed by atoms with Gasteiger partial charge < -0.3 is 56.4 Å². The highest BCUT2D eigenvalue weighted by molar-refractivity contribution is 7.54. The van der Waals surface area contributed by atoms with Crippen LogP contribution in [0, 0.1) is 10.8 Å². The number of carbonyl (C=O) groups excluding carboxylic acids is 7. The van der Waals surface area contributed by atoms with Gasteiger partial charge in [0, 0.05) is 49.2 Å². The molecule has 3 aromatic carbocycles. The minimum absolute atomic E-state index is 0.0329. The van der Waals surface area contributed by atoms with Crippen LogP contribution in [-0.2, 0) is 62.3 Å². The number of fused-ring (bicyclic) bond motifs is 2. The van der Waals surface area contributed by atoms with Gasteiger partial charge in [-0.3, -0.25) is 47.2 Å². The Kier molecular flexibility index (Phi) is 21.3. The first-order chi connectivity index (χ1) is 37.8. The second-order valence-electron chi connectivity index (χ2n) is 21.6. The number of ether oxygens (including phenoxy) is 3. The number of nitrogens with zero attached hydrogens (tertiary/aromatic N) is 2. The minimum atomic E-state index is -5.69. The van der Waals surface area contributed by atoms with Crippen molar-refractivity contribution in [3.8, 4) is 0 Å². The SMILES string of the molecule is CC(C)(C)C(=O)OCOP(=O)(OCOC(=O)C(C)(C)C)C(F)(F)c1ccc2[nH]c(C(=O)N[C@H]3CN(CCCOCCCN)/C=C\[C@H]4CC[C@@H](C(=O)N[C@@H](CCC(N)=O)C(=O)NC(c5ccccc5)c5ccccc5)N4C3=O)cc2c1. The van der Waals surface area contributed by atoms with Crippen molar-refractivity contribution >= 4 is 60.0 Å². The highest BCUT2D eigenvalue weighted by Gasteiger charge is 2.56. The molecule has 2 aliphatic rings. The van der Waals surface area contributed by atoms with E-state index >= 15 is 8.78 Å². The number of primary amides is 1. The lowest BCUT2D eigenvalue weighted by molar-refractivity contribution is -0.163. The van der Waals surface area contributed by atoms with Gasteiger partial charge in [-0.2, -0.15) is 8.78 Å². The molecule has 0 saturated carbocycles. The van der Waals surface area contributed by atoms with E-state index in [2.05, 4.69) is 20.9 Å². The Bertz CT molecular complexity index is 2820. The molecule has 6 rings (SSSR count). The van der Waals surface area contributed by atoms with E-state index in [1.54, 1.807) is 12.3 Å². The number of aromatic amines is 1. The second kappa shape index (κ2) is 27.4. The number of nitrogens with two attached hydrogens (primary N) is 2. The number of nitrogens with one attached hydrogen (secondary N) is 4. The van der Waals surface area contributed by atoms with Gasteiger partial charge in [-0.15, -0.1) is 0 Å². The summed E-state index contributed by atoms with van der Waals surface area (Å²) in [7, 11) is -5.69. The van der Waals surface area contributed by atoms with Crippen LogP contribution in [0.1, 0.15) is 113 Å². The molecule has 0 radical (unpaired) electrons. The van der Waals surface area contributed by atoms with Crippen LogP contribution in [0.25, 0.3) is 10.9 Å². The number of carbonyl (C=O) groups is 7. The highest BCUT2D eigenvalue weighted by atomic mass is 31.2. The molecule has 1 aromatic heterocycles. The zero-order valence-electron chi connectivity index (χ0n) is 45.9. The molecule has 80 heavy (non-hydrogen) atoms. The molecule has 1 fully saturated rings. The largest absolute Gasteiger partial charge is 0.438 e. The molecule has 4 aromatic rings. The van der Waals surface area contributed by atoms with Gasteiger partial charge in [-0.1, -0.05) is 66.7 Å². The third kappa shape index (κ3) is 16.3. The zero-order valence-corrected chi connectivity index (χ0v) is 46.8. The van der Waals surface area contributed by atoms with Gasteiger partial charge in [-0.25, -0.2) is 0 Å². The van der Waals surface area contributed by atoms with Gasteiger partial charge in [-0.05, 0) is 122 Å². The quantitative estimate of drug-likeness (QED) is 0.0176. The Labute approximate surface area is 463 Å². The maximum absolute atomic E-state index is 16.6. The zero-order chi connectivity index (χ0) is 58.4. The molecule has 3 heterocycles. The van der Waals surface area contributed by atoms with E-state index in [0.29, 0.717) is 45.6 Å². The fourth-order valence-corrected chi connectivity index (χ4v) is 10.0. The summed E-state index contributed by atoms with van der Waals surface area (Å²) in [5.74, 6) is -5.13.